The van der Waals surface area contributed by atoms with Crippen LogP contribution in [0.15, 0.2) is 54.6 Å². The van der Waals surface area contributed by atoms with Gasteiger partial charge in [-0.3, -0.25) is 9.69 Å². The highest BCUT2D eigenvalue weighted by Gasteiger charge is 2.31. The smallest absolute Gasteiger partial charge is 0.246 e. The van der Waals surface area contributed by atoms with Crippen LogP contribution in [0, 0.1) is 5.82 Å². The van der Waals surface area contributed by atoms with E-state index in [1.807, 2.05) is 30.3 Å². The number of carbonyl (C=O) groups excluding carboxylic acids is 1. The molecule has 6 nitrogen and oxygen atoms in total. The van der Waals surface area contributed by atoms with Gasteiger partial charge in [-0.1, -0.05) is 30.3 Å². The highest BCUT2D eigenvalue weighted by Crippen LogP contribution is 2.26. The number of nitrogens with zero attached hydrogens (tertiary/aromatic N) is 1. The molecule has 1 heterocycles. The van der Waals surface area contributed by atoms with Gasteiger partial charge in [0.1, 0.15) is 11.9 Å². The minimum absolute atomic E-state index is 0.122. The number of hydrogen-bond acceptors (Lipinski definition) is 4. The maximum Gasteiger partial charge on any atom is 0.246 e. The molecule has 0 spiro atoms. The van der Waals surface area contributed by atoms with E-state index >= 15 is 0 Å². The minimum Gasteiger partial charge on any atom is -0.324 e. The second-order valence-corrected chi connectivity index (χ2v) is 8.79. The third-order valence-electron chi connectivity index (χ3n) is 4.75. The summed E-state index contributed by atoms with van der Waals surface area (Å²) in [7, 11) is -3.25. The number of benzene rings is 2. The number of likely N-dealkylation sites (tertiary alicyclic amines) is 1. The summed E-state index contributed by atoms with van der Waals surface area (Å²) in [5, 5.41) is 2.86. The fourth-order valence-electron chi connectivity index (χ4n) is 3.49. The number of sulfonamides is 1. The normalized spacial score (nSPS) is 17.2. The molecule has 2 aromatic rings. The van der Waals surface area contributed by atoms with Crippen LogP contribution in [-0.4, -0.2) is 44.6 Å². The maximum absolute atomic E-state index is 13.1. The Morgan fingerprint density at radius 3 is 2.25 bits per heavy atom. The molecule has 2 N–H and O–H groups in total. The topological polar surface area (TPSA) is 78.5 Å². The lowest BCUT2D eigenvalue weighted by molar-refractivity contribution is -0.122. The Bertz CT molecular complexity index is 896. The van der Waals surface area contributed by atoms with Crippen LogP contribution >= 0.6 is 0 Å². The number of anilines is 1. The van der Waals surface area contributed by atoms with Crippen LogP contribution < -0.4 is 10.0 Å². The van der Waals surface area contributed by atoms with E-state index in [1.165, 1.54) is 24.3 Å². The van der Waals surface area contributed by atoms with Crippen molar-refractivity contribution in [2.75, 3.05) is 24.7 Å². The molecule has 0 saturated carbocycles. The van der Waals surface area contributed by atoms with Gasteiger partial charge in [0.05, 0.1) is 6.26 Å². The number of hydrogen-bond donors (Lipinski definition) is 2. The lowest BCUT2D eigenvalue weighted by Crippen LogP contribution is -2.47. The van der Waals surface area contributed by atoms with Crippen molar-refractivity contribution in [1.82, 2.24) is 9.62 Å². The van der Waals surface area contributed by atoms with E-state index in [4.69, 9.17) is 0 Å². The Morgan fingerprint density at radius 1 is 1.07 bits per heavy atom. The summed E-state index contributed by atoms with van der Waals surface area (Å²) in [5.74, 6) is -0.564. The van der Waals surface area contributed by atoms with Crippen LogP contribution in [0.25, 0.3) is 0 Å². The van der Waals surface area contributed by atoms with Gasteiger partial charge in [0.2, 0.25) is 15.9 Å². The number of rotatable bonds is 6. The van der Waals surface area contributed by atoms with Crippen molar-refractivity contribution >= 4 is 21.6 Å². The Morgan fingerprint density at radius 2 is 1.68 bits per heavy atom. The van der Waals surface area contributed by atoms with Crippen LogP contribution in [0.2, 0.25) is 0 Å². The molecule has 1 amide bonds. The quantitative estimate of drug-likeness (QED) is 0.774. The summed E-state index contributed by atoms with van der Waals surface area (Å²) in [4.78, 5) is 15.1. The van der Waals surface area contributed by atoms with Gasteiger partial charge in [-0.2, -0.15) is 0 Å². The molecule has 0 bridgehead atoms. The predicted octanol–water partition coefficient (Wildman–Crippen LogP) is 2.52. The monoisotopic (exact) mass is 405 g/mol. The molecule has 8 heteroatoms. The third kappa shape index (κ3) is 5.60. The second-order valence-electron chi connectivity index (χ2n) is 7.01. The SMILES string of the molecule is CS(=O)(=O)NC1CCN([C@@H](C(=O)Nc2ccc(F)cc2)c2ccccc2)CC1. The molecule has 0 aromatic heterocycles. The van der Waals surface area contributed by atoms with Crippen molar-refractivity contribution in [2.24, 2.45) is 0 Å². The van der Waals surface area contributed by atoms with Crippen molar-refractivity contribution in [2.45, 2.75) is 24.9 Å². The molecule has 1 aliphatic rings. The molecule has 0 aliphatic carbocycles. The summed E-state index contributed by atoms with van der Waals surface area (Å²) in [5.41, 5.74) is 1.39. The Balaban J connectivity index is 1.75. The lowest BCUT2D eigenvalue weighted by Gasteiger charge is -2.37. The van der Waals surface area contributed by atoms with Crippen LogP contribution in [0.3, 0.4) is 0 Å². The number of amides is 1. The molecular weight excluding hydrogens is 381 g/mol. The average molecular weight is 405 g/mol. The van der Waals surface area contributed by atoms with Gasteiger partial charge >= 0.3 is 0 Å². The van der Waals surface area contributed by atoms with Crippen LogP contribution in [0.5, 0.6) is 0 Å². The minimum atomic E-state index is -3.25. The van der Waals surface area contributed by atoms with Crippen molar-refractivity contribution in [3.05, 3.63) is 66.0 Å². The van der Waals surface area contributed by atoms with Crippen LogP contribution in [0.1, 0.15) is 24.4 Å². The van der Waals surface area contributed by atoms with E-state index in [0.29, 0.717) is 31.6 Å². The number of nitrogens with one attached hydrogen (secondary N) is 2. The molecule has 1 saturated heterocycles. The molecule has 1 fully saturated rings. The summed E-state index contributed by atoms with van der Waals surface area (Å²) in [6, 6.07) is 14.5. The highest BCUT2D eigenvalue weighted by atomic mass is 32.2. The van der Waals surface area contributed by atoms with E-state index in [2.05, 4.69) is 14.9 Å². The average Bonchev–Trinajstić information content (AvgIpc) is 2.65. The van der Waals surface area contributed by atoms with Gasteiger partial charge in [0, 0.05) is 24.8 Å². The van der Waals surface area contributed by atoms with Gasteiger partial charge in [-0.15, -0.1) is 0 Å². The lowest BCUT2D eigenvalue weighted by atomic mass is 9.99. The first-order chi connectivity index (χ1) is 13.3. The first-order valence-corrected chi connectivity index (χ1v) is 11.0. The Labute approximate surface area is 164 Å². The van der Waals surface area contributed by atoms with E-state index in [1.54, 1.807) is 0 Å². The van der Waals surface area contributed by atoms with Crippen molar-refractivity contribution < 1.29 is 17.6 Å². The zero-order valence-corrected chi connectivity index (χ0v) is 16.5. The molecule has 0 unspecified atom stereocenters. The molecule has 1 atom stereocenters. The molecule has 3 rings (SSSR count). The molecule has 1 aliphatic heterocycles. The van der Waals surface area contributed by atoms with Gasteiger partial charge < -0.3 is 5.32 Å². The van der Waals surface area contributed by atoms with Crippen LogP contribution in [-0.2, 0) is 14.8 Å². The zero-order valence-electron chi connectivity index (χ0n) is 15.6. The second kappa shape index (κ2) is 8.81. The van der Waals surface area contributed by atoms with Crippen LogP contribution in [0.4, 0.5) is 10.1 Å². The fourth-order valence-corrected chi connectivity index (χ4v) is 4.33. The van der Waals surface area contributed by atoms with Crippen molar-refractivity contribution in [1.29, 1.82) is 0 Å². The Kier molecular flexibility index (Phi) is 6.43. The first kappa shape index (κ1) is 20.4. The molecule has 2 aromatic carbocycles. The van der Waals surface area contributed by atoms with Crippen molar-refractivity contribution in [3.8, 4) is 0 Å². The fraction of sp³-hybridized carbons (Fsp3) is 0.350. The largest absolute Gasteiger partial charge is 0.324 e. The van der Waals surface area contributed by atoms with E-state index in [9.17, 15) is 17.6 Å². The van der Waals surface area contributed by atoms with E-state index < -0.39 is 16.1 Å². The number of piperidine rings is 1. The highest BCUT2D eigenvalue weighted by molar-refractivity contribution is 7.88. The molecule has 28 heavy (non-hydrogen) atoms. The summed E-state index contributed by atoms with van der Waals surface area (Å²) >= 11 is 0. The number of halogens is 1. The summed E-state index contributed by atoms with van der Waals surface area (Å²) in [6.45, 7) is 1.17. The van der Waals surface area contributed by atoms with Gasteiger partial charge in [-0.05, 0) is 42.7 Å². The summed E-state index contributed by atoms with van der Waals surface area (Å²) < 4.78 is 38.7. The Hall–Kier alpha value is -2.29. The number of carbonyl (C=O) groups is 1. The zero-order chi connectivity index (χ0) is 20.1. The van der Waals surface area contributed by atoms with Gasteiger partial charge in [0.25, 0.3) is 0 Å². The summed E-state index contributed by atoms with van der Waals surface area (Å²) in [6.07, 6.45) is 2.41. The van der Waals surface area contributed by atoms with E-state index in [-0.39, 0.29) is 17.8 Å². The van der Waals surface area contributed by atoms with E-state index in [0.717, 1.165) is 11.8 Å². The molecule has 0 radical (unpaired) electrons. The maximum atomic E-state index is 13.1. The predicted molar refractivity (Wildman–Crippen MR) is 107 cm³/mol. The van der Waals surface area contributed by atoms with Crippen molar-refractivity contribution in [3.63, 3.8) is 0 Å². The third-order valence-corrected chi connectivity index (χ3v) is 5.51. The first-order valence-electron chi connectivity index (χ1n) is 9.14. The van der Waals surface area contributed by atoms with Gasteiger partial charge in [0.15, 0.2) is 0 Å². The molecule has 150 valence electrons. The molecular formula is C20H24FN3O3S. The van der Waals surface area contributed by atoms with Gasteiger partial charge in [-0.25, -0.2) is 17.5 Å². The standard InChI is InChI=1S/C20H24FN3O3S/c1-28(26,27)23-18-11-13-24(14-12-18)19(15-5-3-2-4-6-15)20(25)22-17-9-7-16(21)8-10-17/h2-10,18-19,23H,11-14H2,1H3,(H,22,25)/t19-/m1/s1.